The average molecular weight is 525 g/mol. The first-order valence-electron chi connectivity index (χ1n) is 12.0. The normalized spacial score (nSPS) is 12.9. The van der Waals surface area contributed by atoms with Crippen molar-refractivity contribution in [1.82, 2.24) is 29.9 Å². The summed E-state index contributed by atoms with van der Waals surface area (Å²) in [5, 5.41) is 10.5. The number of allylic oxidation sites excluding steroid dienone is 1. The zero-order valence-corrected chi connectivity index (χ0v) is 22.2. The van der Waals surface area contributed by atoms with Crippen molar-refractivity contribution in [3.8, 4) is 22.5 Å². The molecule has 0 saturated heterocycles. The fourth-order valence-electron chi connectivity index (χ4n) is 4.35. The highest BCUT2D eigenvalue weighted by Gasteiger charge is 2.14. The molecule has 192 valence electrons. The average Bonchev–Trinajstić information content (AvgIpc) is 3.50. The van der Waals surface area contributed by atoms with Crippen LogP contribution in [0, 0.1) is 5.82 Å². The van der Waals surface area contributed by atoms with Crippen molar-refractivity contribution in [2.75, 3.05) is 6.26 Å². The fourth-order valence-corrected chi connectivity index (χ4v) is 4.86. The lowest BCUT2D eigenvalue weighted by Crippen LogP contribution is -2.23. The Balaban J connectivity index is 1.61. The second-order valence-corrected chi connectivity index (χ2v) is 12.2. The summed E-state index contributed by atoms with van der Waals surface area (Å²) in [4.78, 5) is 12.0. The van der Waals surface area contributed by atoms with Crippen LogP contribution in [0.5, 0.6) is 0 Å². The molecule has 3 aromatic heterocycles. The molecular formula is C30H29FN6S. The highest BCUT2D eigenvalue weighted by molar-refractivity contribution is 8.25. The van der Waals surface area contributed by atoms with Gasteiger partial charge in [-0.15, -0.1) is 0 Å². The van der Waals surface area contributed by atoms with E-state index in [2.05, 4.69) is 54.3 Å². The first-order chi connectivity index (χ1) is 18.2. The van der Waals surface area contributed by atoms with Gasteiger partial charge in [-0.1, -0.05) is 36.5 Å². The molecule has 0 amide bonds. The van der Waals surface area contributed by atoms with E-state index in [1.807, 2.05) is 49.6 Å². The number of H-pyrrole nitrogens is 2. The van der Waals surface area contributed by atoms with Crippen LogP contribution in [0.1, 0.15) is 18.2 Å². The minimum absolute atomic E-state index is 0.285. The van der Waals surface area contributed by atoms with Crippen molar-refractivity contribution >= 4 is 49.8 Å². The highest BCUT2D eigenvalue weighted by atomic mass is 32.2. The summed E-state index contributed by atoms with van der Waals surface area (Å²) in [7, 11) is -1.41. The van der Waals surface area contributed by atoms with Gasteiger partial charge in [0.05, 0.1) is 22.9 Å². The Bertz CT molecular complexity index is 1880. The summed E-state index contributed by atoms with van der Waals surface area (Å²) < 4.78 is 18.0. The van der Waals surface area contributed by atoms with Gasteiger partial charge in [0, 0.05) is 35.1 Å². The second kappa shape index (κ2) is 10.2. The van der Waals surface area contributed by atoms with E-state index < -0.39 is 9.39 Å². The van der Waals surface area contributed by atoms with Gasteiger partial charge in [0.2, 0.25) is 0 Å². The molecular weight excluding hydrogens is 495 g/mol. The van der Waals surface area contributed by atoms with Crippen LogP contribution in [-0.4, -0.2) is 43.1 Å². The molecule has 0 aliphatic carbocycles. The molecule has 0 fully saturated rings. The standard InChI is InChI=1S/C30H29FN6S/c1-6-26-25(12-19(2)29-18-32-10-11-33-29)30(37-36-26)28-16-24-23(8-7-9-27(24)35-28)21-13-20(14-22(31)15-21)17-34-38(3,4)5/h6-16,18,34-36H,2-4,17H2,1,5H3/b25-12+,26-6+. The third kappa shape index (κ3) is 5.37. The second-order valence-electron chi connectivity index (χ2n) is 9.34. The van der Waals surface area contributed by atoms with Gasteiger partial charge < -0.3 is 4.98 Å². The maximum Gasteiger partial charge on any atom is 0.124 e. The molecule has 38 heavy (non-hydrogen) atoms. The van der Waals surface area contributed by atoms with Crippen molar-refractivity contribution in [2.45, 2.75) is 13.5 Å². The Labute approximate surface area is 221 Å². The number of fused-ring (bicyclic) bond motifs is 1. The van der Waals surface area contributed by atoms with Gasteiger partial charge in [-0.2, -0.15) is 14.5 Å². The number of hydrogen-bond acceptors (Lipinski definition) is 4. The Morgan fingerprint density at radius 1 is 1.16 bits per heavy atom. The minimum atomic E-state index is -1.41. The Hall–Kier alpha value is -4.27. The van der Waals surface area contributed by atoms with E-state index >= 15 is 0 Å². The van der Waals surface area contributed by atoms with E-state index in [1.54, 1.807) is 30.7 Å². The number of rotatable bonds is 7. The summed E-state index contributed by atoms with van der Waals surface area (Å²) in [6.07, 6.45) is 10.8. The maximum atomic E-state index is 14.7. The van der Waals surface area contributed by atoms with E-state index in [9.17, 15) is 4.39 Å². The first-order valence-corrected chi connectivity index (χ1v) is 14.4. The summed E-state index contributed by atoms with van der Waals surface area (Å²) >= 11 is 0. The summed E-state index contributed by atoms with van der Waals surface area (Å²) in [6.45, 7) is 6.63. The van der Waals surface area contributed by atoms with E-state index in [0.717, 1.165) is 55.1 Å². The Kier molecular flexibility index (Phi) is 6.84. The lowest BCUT2D eigenvalue weighted by atomic mass is 9.99. The monoisotopic (exact) mass is 524 g/mol. The van der Waals surface area contributed by atoms with Crippen molar-refractivity contribution < 1.29 is 4.39 Å². The molecule has 0 aliphatic heterocycles. The van der Waals surface area contributed by atoms with Crippen LogP contribution in [-0.2, 0) is 6.54 Å². The first kappa shape index (κ1) is 25.4. The highest BCUT2D eigenvalue weighted by Crippen LogP contribution is 2.32. The van der Waals surface area contributed by atoms with E-state index in [0.29, 0.717) is 12.2 Å². The van der Waals surface area contributed by atoms with Crippen LogP contribution in [0.25, 0.3) is 51.1 Å². The molecule has 5 aromatic rings. The van der Waals surface area contributed by atoms with Crippen LogP contribution >= 0.6 is 9.39 Å². The third-order valence-corrected chi connectivity index (χ3v) is 6.99. The van der Waals surface area contributed by atoms with Crippen LogP contribution < -0.4 is 15.3 Å². The van der Waals surface area contributed by atoms with Gasteiger partial charge in [-0.05, 0) is 71.9 Å². The molecule has 0 atom stereocenters. The SMILES string of the molecule is C=C(/C=c1/c(-c2cc3c(-c4cc(F)cc(CNS(=C)(=C)C)c4)cccc3[nH]2)n[nH]/c1=C/C)c1cnccn1. The zero-order chi connectivity index (χ0) is 26.9. The van der Waals surface area contributed by atoms with Crippen LogP contribution in [0.4, 0.5) is 4.39 Å². The molecule has 0 unspecified atom stereocenters. The Morgan fingerprint density at radius 3 is 2.74 bits per heavy atom. The van der Waals surface area contributed by atoms with Gasteiger partial charge in [0.1, 0.15) is 11.5 Å². The van der Waals surface area contributed by atoms with Crippen LogP contribution in [0.2, 0.25) is 0 Å². The van der Waals surface area contributed by atoms with Crippen LogP contribution in [0.3, 0.4) is 0 Å². The molecule has 0 spiro atoms. The number of benzene rings is 2. The number of nitrogens with zero attached hydrogens (tertiary/aromatic N) is 3. The molecule has 3 N–H and O–H groups in total. The van der Waals surface area contributed by atoms with Gasteiger partial charge in [0.25, 0.3) is 0 Å². The molecule has 0 aliphatic rings. The molecule has 3 heterocycles. The smallest absolute Gasteiger partial charge is 0.124 e. The predicted octanol–water partition coefficient (Wildman–Crippen LogP) is 4.75. The number of hydrogen-bond donors (Lipinski definition) is 3. The minimum Gasteiger partial charge on any atom is -0.353 e. The zero-order valence-electron chi connectivity index (χ0n) is 21.4. The van der Waals surface area contributed by atoms with Crippen molar-refractivity contribution in [2.24, 2.45) is 0 Å². The maximum absolute atomic E-state index is 14.7. The molecule has 8 heteroatoms. The lowest BCUT2D eigenvalue weighted by molar-refractivity contribution is 0.625. The molecule has 0 radical (unpaired) electrons. The molecule has 6 nitrogen and oxygen atoms in total. The number of aromatic nitrogens is 5. The summed E-state index contributed by atoms with van der Waals surface area (Å²) in [5.74, 6) is 7.81. The van der Waals surface area contributed by atoms with Crippen LogP contribution in [0.15, 0.2) is 67.6 Å². The molecule has 0 bridgehead atoms. The fraction of sp³-hybridized carbons (Fsp3) is 0.100. The van der Waals surface area contributed by atoms with E-state index in [-0.39, 0.29) is 5.82 Å². The van der Waals surface area contributed by atoms with Crippen molar-refractivity contribution in [1.29, 1.82) is 0 Å². The Morgan fingerprint density at radius 2 is 2.00 bits per heavy atom. The van der Waals surface area contributed by atoms with E-state index in [1.165, 1.54) is 0 Å². The number of aromatic amines is 2. The van der Waals surface area contributed by atoms with Gasteiger partial charge in [0.15, 0.2) is 0 Å². The number of nitrogens with one attached hydrogen (secondary N) is 3. The summed E-state index contributed by atoms with van der Waals surface area (Å²) in [6, 6.07) is 13.1. The predicted molar refractivity (Wildman–Crippen MR) is 161 cm³/mol. The van der Waals surface area contributed by atoms with Gasteiger partial charge >= 0.3 is 0 Å². The number of halogens is 1. The van der Waals surface area contributed by atoms with Crippen molar-refractivity contribution in [3.05, 3.63) is 95.3 Å². The summed E-state index contributed by atoms with van der Waals surface area (Å²) in [5.41, 5.74) is 6.50. The van der Waals surface area contributed by atoms with Gasteiger partial charge in [-0.3, -0.25) is 19.8 Å². The quantitative estimate of drug-likeness (QED) is 0.268. The van der Waals surface area contributed by atoms with Gasteiger partial charge in [-0.25, -0.2) is 4.39 Å². The topological polar surface area (TPSA) is 82.3 Å². The third-order valence-electron chi connectivity index (χ3n) is 6.15. The largest absolute Gasteiger partial charge is 0.353 e. The molecule has 2 aromatic carbocycles. The molecule has 5 rings (SSSR count). The van der Waals surface area contributed by atoms with Crippen molar-refractivity contribution in [3.63, 3.8) is 0 Å². The van der Waals surface area contributed by atoms with E-state index in [4.69, 9.17) is 0 Å². The lowest BCUT2D eigenvalue weighted by Gasteiger charge is -2.12. The molecule has 0 saturated carbocycles.